The summed E-state index contributed by atoms with van der Waals surface area (Å²) in [6, 6.07) is 24.0. The molecule has 4 aromatic heterocycles. The highest BCUT2D eigenvalue weighted by molar-refractivity contribution is 7.89. The second-order valence-corrected chi connectivity index (χ2v) is 22.7. The average Bonchev–Trinajstić information content (AvgIpc) is 3.96. The first-order valence-corrected chi connectivity index (χ1v) is 28.7. The van der Waals surface area contributed by atoms with Gasteiger partial charge in [0.15, 0.2) is 22.9 Å². The Morgan fingerprint density at radius 3 is 1.56 bits per heavy atom. The van der Waals surface area contributed by atoms with Gasteiger partial charge in [0.2, 0.25) is 10.0 Å². The van der Waals surface area contributed by atoms with Crippen LogP contribution in [0, 0.1) is 19.8 Å². The zero-order chi connectivity index (χ0) is 61.0. The zero-order valence-electron chi connectivity index (χ0n) is 47.5. The minimum atomic E-state index is -4.09. The molecule has 438 valence electrons. The van der Waals surface area contributed by atoms with E-state index in [1.165, 1.54) is 71.9 Å². The zero-order valence-corrected chi connectivity index (χ0v) is 48.3. The van der Waals surface area contributed by atoms with Gasteiger partial charge in [0, 0.05) is 48.5 Å². The number of aliphatic carboxylic acids is 1. The summed E-state index contributed by atoms with van der Waals surface area (Å²) < 4.78 is 35.1. The molecule has 8 aromatic rings. The third-order valence-electron chi connectivity index (χ3n) is 15.1. The molecule has 6 N–H and O–H groups in total. The number of carbonyl (C=O) groups excluding carboxylic acids is 7. The van der Waals surface area contributed by atoms with Crippen LogP contribution in [0.3, 0.4) is 0 Å². The molecule has 4 heterocycles. The molecule has 3 atom stereocenters. The van der Waals surface area contributed by atoms with Crippen molar-refractivity contribution in [1.29, 1.82) is 0 Å². The van der Waals surface area contributed by atoms with Crippen LogP contribution < -0.4 is 26.0 Å². The lowest BCUT2D eigenvalue weighted by Crippen LogP contribution is -2.44. The molecular weight excluding hydrogens is 1110 g/mol. The lowest BCUT2D eigenvalue weighted by Gasteiger charge is -2.18. The van der Waals surface area contributed by atoms with E-state index >= 15 is 0 Å². The summed E-state index contributed by atoms with van der Waals surface area (Å²) in [5.74, 6) is -4.06. The number of esters is 1. The van der Waals surface area contributed by atoms with Gasteiger partial charge < -0.3 is 31.1 Å². The number of aromatic nitrogens is 6. The first-order valence-electron chi connectivity index (χ1n) is 27.2. The normalized spacial score (nSPS) is 14.6. The Balaban J connectivity index is 0.000000206. The molecule has 0 unspecified atom stereocenters. The molecular formula is C61H61N11O12S. The third-order valence-corrected chi connectivity index (χ3v) is 16.6. The molecule has 0 radical (unpaired) electrons. The van der Waals surface area contributed by atoms with Crippen molar-refractivity contribution in [3.63, 3.8) is 0 Å². The number of ketones is 2. The Hall–Kier alpha value is -9.81. The summed E-state index contributed by atoms with van der Waals surface area (Å²) in [5, 5.41) is 29.4. The van der Waals surface area contributed by atoms with Crippen molar-refractivity contribution >= 4 is 68.5 Å². The Morgan fingerprint density at radius 1 is 0.635 bits per heavy atom. The highest BCUT2D eigenvalue weighted by Gasteiger charge is 2.32. The molecule has 24 heteroatoms. The smallest absolute Gasteiger partial charge is 0.337 e. The van der Waals surface area contributed by atoms with Crippen LogP contribution in [0.1, 0.15) is 170 Å². The van der Waals surface area contributed by atoms with Crippen molar-refractivity contribution in [2.45, 2.75) is 103 Å². The molecule has 0 bridgehead atoms. The maximum absolute atomic E-state index is 13.5. The van der Waals surface area contributed by atoms with Gasteiger partial charge >= 0.3 is 11.9 Å². The van der Waals surface area contributed by atoms with Crippen LogP contribution >= 0.6 is 0 Å². The van der Waals surface area contributed by atoms with Crippen LogP contribution in [-0.2, 0) is 45.5 Å². The van der Waals surface area contributed by atoms with Crippen LogP contribution in [0.5, 0.6) is 0 Å². The average molecular weight is 1170 g/mol. The van der Waals surface area contributed by atoms with Gasteiger partial charge in [-0.15, -0.1) is 0 Å². The van der Waals surface area contributed by atoms with Gasteiger partial charge in [0.1, 0.15) is 28.8 Å². The number of sulfonamides is 1. The van der Waals surface area contributed by atoms with E-state index in [0.717, 1.165) is 46.2 Å². The fraction of sp³-hybridized carbons (Fsp3) is 0.279. The number of carbonyl (C=O) groups is 8. The van der Waals surface area contributed by atoms with Gasteiger partial charge in [-0.3, -0.25) is 33.6 Å². The largest absolute Gasteiger partial charge is 0.480 e. The van der Waals surface area contributed by atoms with E-state index in [1.807, 2.05) is 32.0 Å². The fourth-order valence-electron chi connectivity index (χ4n) is 10.6. The van der Waals surface area contributed by atoms with Gasteiger partial charge in [-0.05, 0) is 128 Å². The number of benzene rings is 4. The number of ether oxygens (including phenoxy) is 1. The number of hydrogen-bond donors (Lipinski definition) is 6. The van der Waals surface area contributed by atoms with E-state index in [2.05, 4.69) is 46.2 Å². The third kappa shape index (κ3) is 12.9. The molecule has 23 nitrogen and oxygen atoms in total. The number of methoxy groups -OCH3 is 1. The van der Waals surface area contributed by atoms with Crippen molar-refractivity contribution < 1.29 is 56.6 Å². The maximum Gasteiger partial charge on any atom is 0.337 e. The van der Waals surface area contributed by atoms with Gasteiger partial charge in [-0.2, -0.15) is 14.9 Å². The number of nitrogens with zero attached hydrogens (tertiary/aromatic N) is 6. The molecule has 0 fully saturated rings. The SMILES string of the molecule is CC(=O)c1ccc2c(c1C)CC[C@@H]2NC(=O)c1cc(C(=O)NCc2ccc(S(=O)(=O)N[C@H](C(=O)O)C(C)C)cc2)nc2ccnn12.COC(=O)c1cccc(CNC(=O)c2cc(C(=O)N[C@H]3CCc4c3ccc(C(C)=O)c4C)n3nccc3n2)c1. The van der Waals surface area contributed by atoms with E-state index in [0.29, 0.717) is 52.0 Å². The van der Waals surface area contributed by atoms with Gasteiger partial charge in [-0.1, -0.05) is 62.4 Å². The number of hydrogen-bond acceptors (Lipinski definition) is 15. The molecule has 0 saturated heterocycles. The second-order valence-electron chi connectivity index (χ2n) is 21.0. The van der Waals surface area contributed by atoms with Crippen molar-refractivity contribution in [3.05, 3.63) is 193 Å². The van der Waals surface area contributed by atoms with Crippen LogP contribution in [0.15, 0.2) is 114 Å². The van der Waals surface area contributed by atoms with Crippen molar-refractivity contribution in [3.8, 4) is 0 Å². The van der Waals surface area contributed by atoms with Gasteiger partial charge in [0.05, 0.1) is 42.0 Å². The molecule has 4 aromatic carbocycles. The summed E-state index contributed by atoms with van der Waals surface area (Å²) >= 11 is 0. The second kappa shape index (κ2) is 25.0. The molecule has 2 aliphatic carbocycles. The first kappa shape index (κ1) is 59.8. The van der Waals surface area contributed by atoms with Gasteiger partial charge in [-0.25, -0.2) is 32.2 Å². The van der Waals surface area contributed by atoms with E-state index < -0.39 is 57.6 Å². The molecule has 85 heavy (non-hydrogen) atoms. The van der Waals surface area contributed by atoms with Crippen molar-refractivity contribution in [2.75, 3.05) is 7.11 Å². The number of Topliss-reactive ketones (excluding diaryl/α,β-unsaturated/α-hetero) is 2. The minimum absolute atomic E-state index is 0.00788. The Kier molecular flexibility index (Phi) is 17.6. The number of carboxylic acids is 1. The summed E-state index contributed by atoms with van der Waals surface area (Å²) in [4.78, 5) is 109. The van der Waals surface area contributed by atoms with Crippen molar-refractivity contribution in [1.82, 2.24) is 55.2 Å². The summed E-state index contributed by atoms with van der Waals surface area (Å²) in [5.41, 5.74) is 9.99. The van der Waals surface area contributed by atoms with Crippen LogP contribution in [0.25, 0.3) is 11.3 Å². The summed E-state index contributed by atoms with van der Waals surface area (Å²) in [7, 11) is -2.78. The number of nitrogens with one attached hydrogen (secondary N) is 5. The summed E-state index contributed by atoms with van der Waals surface area (Å²) in [6.07, 6.45) is 5.83. The standard InChI is InChI=1S/C32H34N6O7S.C29H27N5O5/c1-17(2)29(32(42)43)37-46(44,45)21-7-5-20(6-8-21)16-33-30(40)26-15-27(38-28(35-26)13-14-34-38)31(41)36-25-12-11-23-18(3)22(19(4)39)9-10-24(23)25;1-16-20(17(2)35)7-8-22-21(16)9-10-23(22)33-28(37)25-14-24(32-26-11-12-31-34(25)26)27(36)30-15-18-5-4-6-19(13-18)29(38)39-3/h5-10,13-15,17,25,29,37H,11-12,16H2,1-4H3,(H,33,40)(H,36,41)(H,42,43);4-8,11-14,23H,9-10,15H2,1-3H3,(H,30,36)(H,33,37)/t25-,29-;23-/m00/s1. The quantitative estimate of drug-likeness (QED) is 0.0403. The lowest BCUT2D eigenvalue weighted by atomic mass is 9.96. The van der Waals surface area contributed by atoms with Crippen LogP contribution in [0.4, 0.5) is 0 Å². The Morgan fingerprint density at radius 2 is 1.12 bits per heavy atom. The molecule has 10 rings (SSSR count). The molecule has 4 amide bonds. The maximum atomic E-state index is 13.5. The van der Waals surface area contributed by atoms with E-state index in [1.54, 1.807) is 63.2 Å². The van der Waals surface area contributed by atoms with E-state index in [4.69, 9.17) is 4.74 Å². The fourth-order valence-corrected chi connectivity index (χ4v) is 12.0. The summed E-state index contributed by atoms with van der Waals surface area (Å²) in [6.45, 7) is 10.3. The van der Waals surface area contributed by atoms with E-state index in [-0.39, 0.29) is 64.4 Å². The molecule has 0 spiro atoms. The molecule has 2 aliphatic rings. The van der Waals surface area contributed by atoms with Crippen molar-refractivity contribution in [2.24, 2.45) is 5.92 Å². The highest BCUT2D eigenvalue weighted by Crippen LogP contribution is 2.36. The lowest BCUT2D eigenvalue weighted by molar-refractivity contribution is -0.140. The number of fused-ring (bicyclic) bond motifs is 4. The molecule has 0 saturated carbocycles. The topological polar surface area (TPSA) is 321 Å². The number of rotatable bonds is 18. The van der Waals surface area contributed by atoms with Gasteiger partial charge in [0.25, 0.3) is 23.6 Å². The minimum Gasteiger partial charge on any atom is -0.480 e. The molecule has 0 aliphatic heterocycles. The van der Waals surface area contributed by atoms with Crippen LogP contribution in [0.2, 0.25) is 0 Å². The van der Waals surface area contributed by atoms with E-state index in [9.17, 15) is 51.9 Å². The first-order chi connectivity index (χ1) is 40.5. The predicted molar refractivity (Wildman–Crippen MR) is 309 cm³/mol. The highest BCUT2D eigenvalue weighted by atomic mass is 32.2. The number of carboxylic acid groups (broad SMARTS) is 1. The Bertz CT molecular complexity index is 4140. The number of amides is 4. The Labute approximate surface area is 488 Å². The van der Waals surface area contributed by atoms with Crippen LogP contribution in [-0.4, -0.2) is 103 Å². The monoisotopic (exact) mass is 1170 g/mol. The predicted octanol–water partition coefficient (Wildman–Crippen LogP) is 6.35.